The lowest BCUT2D eigenvalue weighted by molar-refractivity contribution is 0.103. The molecule has 1 aromatic carbocycles. The van der Waals surface area contributed by atoms with Crippen LogP contribution in [0, 0.1) is 18.6 Å². The Morgan fingerprint density at radius 1 is 1.16 bits per heavy atom. The number of rotatable bonds is 3. The smallest absolute Gasteiger partial charge is 0.196 e. The molecule has 0 unspecified atom stereocenters. The fourth-order valence-electron chi connectivity index (χ4n) is 1.90. The zero-order chi connectivity index (χ0) is 14.0. The predicted octanol–water partition coefficient (Wildman–Crippen LogP) is 3.46. The van der Waals surface area contributed by atoms with Gasteiger partial charge < -0.3 is 0 Å². The first-order valence-electron chi connectivity index (χ1n) is 5.98. The topological polar surface area (TPSA) is 30.0 Å². The fraction of sp³-hybridized carbons (Fsp3) is 0.200. The van der Waals surface area contributed by atoms with Crippen molar-refractivity contribution in [1.29, 1.82) is 0 Å². The van der Waals surface area contributed by atoms with Crippen molar-refractivity contribution in [2.75, 3.05) is 0 Å². The van der Waals surface area contributed by atoms with Crippen LogP contribution in [0.3, 0.4) is 0 Å². The van der Waals surface area contributed by atoms with Crippen molar-refractivity contribution in [2.24, 2.45) is 0 Å². The van der Waals surface area contributed by atoms with Gasteiger partial charge in [-0.3, -0.25) is 9.78 Å². The maximum atomic E-state index is 13.8. The van der Waals surface area contributed by atoms with Crippen LogP contribution in [0.25, 0.3) is 0 Å². The first-order valence-corrected chi connectivity index (χ1v) is 5.98. The van der Waals surface area contributed by atoms with Gasteiger partial charge in [-0.25, -0.2) is 8.78 Å². The van der Waals surface area contributed by atoms with Crippen LogP contribution in [0.15, 0.2) is 30.6 Å². The van der Waals surface area contributed by atoms with E-state index < -0.39 is 17.4 Å². The van der Waals surface area contributed by atoms with Crippen molar-refractivity contribution >= 4 is 5.78 Å². The summed E-state index contributed by atoms with van der Waals surface area (Å²) in [4.78, 5) is 16.2. The molecule has 0 amide bonds. The molecule has 1 aromatic heterocycles. The molecule has 2 rings (SSSR count). The summed E-state index contributed by atoms with van der Waals surface area (Å²) in [5.74, 6) is -2.59. The van der Waals surface area contributed by atoms with Crippen molar-refractivity contribution in [3.63, 3.8) is 0 Å². The highest BCUT2D eigenvalue weighted by Gasteiger charge is 2.20. The van der Waals surface area contributed by atoms with Crippen LogP contribution in [-0.2, 0) is 6.42 Å². The molecule has 0 saturated heterocycles. The third-order valence-electron chi connectivity index (χ3n) is 3.05. The molecular weight excluding hydrogens is 248 g/mol. The van der Waals surface area contributed by atoms with E-state index in [0.717, 1.165) is 0 Å². The quantitative estimate of drug-likeness (QED) is 0.792. The van der Waals surface area contributed by atoms with Crippen LogP contribution >= 0.6 is 0 Å². The number of benzene rings is 1. The number of halogens is 2. The molecule has 0 N–H and O–H groups in total. The van der Waals surface area contributed by atoms with E-state index in [1.807, 2.05) is 6.92 Å². The number of ketones is 1. The van der Waals surface area contributed by atoms with Gasteiger partial charge in [-0.2, -0.15) is 0 Å². The van der Waals surface area contributed by atoms with Crippen LogP contribution in [0.2, 0.25) is 0 Å². The summed E-state index contributed by atoms with van der Waals surface area (Å²) in [6.45, 7) is 3.33. The van der Waals surface area contributed by atoms with Crippen LogP contribution in [0.1, 0.15) is 34.0 Å². The van der Waals surface area contributed by atoms with Gasteiger partial charge in [0.05, 0.1) is 5.56 Å². The summed E-state index contributed by atoms with van der Waals surface area (Å²) in [6, 6.07) is 4.24. The molecule has 0 radical (unpaired) electrons. The second-order valence-corrected chi connectivity index (χ2v) is 4.27. The maximum Gasteiger partial charge on any atom is 0.196 e. The molecule has 0 aliphatic carbocycles. The monoisotopic (exact) mass is 261 g/mol. The number of carbonyl (C=O) groups excluding carboxylic acids is 1. The molecule has 0 bridgehead atoms. The van der Waals surface area contributed by atoms with E-state index >= 15 is 0 Å². The predicted molar refractivity (Wildman–Crippen MR) is 68.1 cm³/mol. The van der Waals surface area contributed by atoms with Gasteiger partial charge in [-0.1, -0.05) is 13.0 Å². The molecule has 0 saturated carbocycles. The Morgan fingerprint density at radius 3 is 2.58 bits per heavy atom. The zero-order valence-corrected chi connectivity index (χ0v) is 10.7. The Hall–Kier alpha value is -2.10. The van der Waals surface area contributed by atoms with Crippen LogP contribution in [-0.4, -0.2) is 10.8 Å². The molecule has 98 valence electrons. The summed E-state index contributed by atoms with van der Waals surface area (Å²) < 4.78 is 27.3. The standard InChI is InChI=1S/C15H13F2NO/c1-3-10-8-18-7-6-11(10)15(19)12-5-4-9(2)13(16)14(12)17/h4-8H,3H2,1-2H3. The van der Waals surface area contributed by atoms with E-state index in [1.165, 1.54) is 31.3 Å². The molecule has 1 heterocycles. The zero-order valence-electron chi connectivity index (χ0n) is 10.7. The van der Waals surface area contributed by atoms with Crippen molar-refractivity contribution in [3.8, 4) is 0 Å². The minimum absolute atomic E-state index is 0.180. The van der Waals surface area contributed by atoms with Gasteiger partial charge >= 0.3 is 0 Å². The van der Waals surface area contributed by atoms with Crippen molar-refractivity contribution in [2.45, 2.75) is 20.3 Å². The summed E-state index contributed by atoms with van der Waals surface area (Å²) in [5.41, 5.74) is 1.01. The van der Waals surface area contributed by atoms with Crippen molar-refractivity contribution < 1.29 is 13.6 Å². The lowest BCUT2D eigenvalue weighted by Crippen LogP contribution is -2.09. The Labute approximate surface area is 110 Å². The summed E-state index contributed by atoms with van der Waals surface area (Å²) in [7, 11) is 0. The average molecular weight is 261 g/mol. The molecular formula is C15H13F2NO. The van der Waals surface area contributed by atoms with Gasteiger partial charge in [0.25, 0.3) is 0 Å². The second kappa shape index (κ2) is 5.26. The maximum absolute atomic E-state index is 13.8. The first-order chi connectivity index (χ1) is 9.06. The first kappa shape index (κ1) is 13.3. The van der Waals surface area contributed by atoms with Crippen LogP contribution in [0.4, 0.5) is 8.78 Å². The molecule has 2 nitrogen and oxygen atoms in total. The lowest BCUT2D eigenvalue weighted by Gasteiger charge is -2.08. The number of pyridine rings is 1. The highest BCUT2D eigenvalue weighted by Crippen LogP contribution is 2.20. The summed E-state index contributed by atoms with van der Waals surface area (Å²) in [6.07, 6.45) is 3.63. The second-order valence-electron chi connectivity index (χ2n) is 4.27. The Morgan fingerprint density at radius 2 is 1.89 bits per heavy atom. The average Bonchev–Trinajstić information content (AvgIpc) is 2.44. The highest BCUT2D eigenvalue weighted by molar-refractivity contribution is 6.10. The number of carbonyl (C=O) groups is 1. The largest absolute Gasteiger partial charge is 0.288 e. The molecule has 2 aromatic rings. The summed E-state index contributed by atoms with van der Waals surface area (Å²) >= 11 is 0. The Balaban J connectivity index is 2.54. The number of hydrogen-bond donors (Lipinski definition) is 0. The van der Waals surface area contributed by atoms with E-state index in [4.69, 9.17) is 0 Å². The van der Waals surface area contributed by atoms with Gasteiger partial charge in [-0.05, 0) is 36.6 Å². The number of aryl methyl sites for hydroxylation is 2. The van der Waals surface area contributed by atoms with Crippen LogP contribution < -0.4 is 0 Å². The van der Waals surface area contributed by atoms with Crippen molar-refractivity contribution in [1.82, 2.24) is 4.98 Å². The van der Waals surface area contributed by atoms with Gasteiger partial charge in [-0.15, -0.1) is 0 Å². The third kappa shape index (κ3) is 2.38. The minimum atomic E-state index is -1.09. The summed E-state index contributed by atoms with van der Waals surface area (Å²) in [5, 5.41) is 0. The van der Waals surface area contributed by atoms with Crippen LogP contribution in [0.5, 0.6) is 0 Å². The molecule has 19 heavy (non-hydrogen) atoms. The lowest BCUT2D eigenvalue weighted by atomic mass is 9.97. The van der Waals surface area contributed by atoms with E-state index in [1.54, 1.807) is 6.20 Å². The Bertz CT molecular complexity index is 638. The molecule has 0 fully saturated rings. The number of hydrogen-bond acceptors (Lipinski definition) is 2. The van der Waals surface area contributed by atoms with E-state index in [2.05, 4.69) is 4.98 Å². The Kier molecular flexibility index (Phi) is 3.69. The van der Waals surface area contributed by atoms with Gasteiger partial charge in [0, 0.05) is 18.0 Å². The molecule has 4 heteroatoms. The molecule has 0 aliphatic heterocycles. The fourth-order valence-corrected chi connectivity index (χ4v) is 1.90. The number of nitrogens with zero attached hydrogens (tertiary/aromatic N) is 1. The normalized spacial score (nSPS) is 10.5. The number of aromatic nitrogens is 1. The molecule has 0 spiro atoms. The minimum Gasteiger partial charge on any atom is -0.288 e. The van der Waals surface area contributed by atoms with E-state index in [-0.39, 0.29) is 11.1 Å². The molecule has 0 aliphatic rings. The van der Waals surface area contributed by atoms with E-state index in [0.29, 0.717) is 17.5 Å². The van der Waals surface area contributed by atoms with Gasteiger partial charge in [0.1, 0.15) is 0 Å². The SMILES string of the molecule is CCc1cnccc1C(=O)c1ccc(C)c(F)c1F. The van der Waals surface area contributed by atoms with E-state index in [9.17, 15) is 13.6 Å². The van der Waals surface area contributed by atoms with Crippen molar-refractivity contribution in [3.05, 3.63) is 64.5 Å². The highest BCUT2D eigenvalue weighted by atomic mass is 19.2. The third-order valence-corrected chi connectivity index (χ3v) is 3.05. The van der Waals surface area contributed by atoms with Gasteiger partial charge in [0.15, 0.2) is 17.4 Å². The van der Waals surface area contributed by atoms with Gasteiger partial charge in [0.2, 0.25) is 0 Å². The molecule has 0 atom stereocenters.